The van der Waals surface area contributed by atoms with Gasteiger partial charge < -0.3 is 14.5 Å². The van der Waals surface area contributed by atoms with Crippen LogP contribution in [0.2, 0.25) is 5.02 Å². The summed E-state index contributed by atoms with van der Waals surface area (Å²) in [5.41, 5.74) is 4.02. The van der Waals surface area contributed by atoms with Gasteiger partial charge >= 0.3 is 0 Å². The quantitative estimate of drug-likeness (QED) is 0.465. The average Bonchev–Trinajstić information content (AvgIpc) is 2.84. The van der Waals surface area contributed by atoms with Gasteiger partial charge in [-0.2, -0.15) is 0 Å². The summed E-state index contributed by atoms with van der Waals surface area (Å²) in [7, 11) is 3.31. The summed E-state index contributed by atoms with van der Waals surface area (Å²) in [5, 5.41) is 1.01. The number of fused-ring (bicyclic) bond motifs is 2. The third-order valence-electron chi connectivity index (χ3n) is 6.16. The summed E-state index contributed by atoms with van der Waals surface area (Å²) in [5.74, 6) is 2.06. The fourth-order valence-corrected chi connectivity index (χ4v) is 4.79. The minimum atomic E-state index is -0.183. The van der Waals surface area contributed by atoms with E-state index >= 15 is 0 Å². The number of hydrogen-bond donors (Lipinski definition) is 1. The zero-order valence-electron chi connectivity index (χ0n) is 18.5. The Morgan fingerprint density at radius 1 is 1.06 bits per heavy atom. The summed E-state index contributed by atoms with van der Waals surface area (Å²) in [6.07, 6.45) is 0.854. The molecule has 4 aromatic rings. The number of aromatic nitrogens is 2. The standard InChI is InChI=1S/C26H24ClN3O3/c1-32-22-12-17-10-11-30(15-24-28-21-9-8-18(27)13-20(21)26(31)29-24)25(16-6-4-3-5-7-16)19(17)14-23(22)33-2/h3-9,12-14,25H,10-11,15H2,1-2H3,(H,28,29,31)/t25-/m0/s1. The van der Waals surface area contributed by atoms with Crippen LogP contribution in [0.4, 0.5) is 0 Å². The van der Waals surface area contributed by atoms with Crippen LogP contribution in [-0.4, -0.2) is 35.6 Å². The van der Waals surface area contributed by atoms with Crippen molar-refractivity contribution in [3.8, 4) is 11.5 Å². The maximum atomic E-state index is 12.7. The van der Waals surface area contributed by atoms with E-state index < -0.39 is 0 Å². The number of ether oxygens (including phenoxy) is 2. The number of benzene rings is 3. The van der Waals surface area contributed by atoms with Gasteiger partial charge in [-0.05, 0) is 53.4 Å². The average molecular weight is 462 g/mol. The Labute approximate surface area is 196 Å². The van der Waals surface area contributed by atoms with Gasteiger partial charge in [0.05, 0.1) is 37.7 Å². The van der Waals surface area contributed by atoms with Crippen molar-refractivity contribution in [2.24, 2.45) is 0 Å². The number of rotatable bonds is 5. The molecule has 1 aliphatic heterocycles. The van der Waals surface area contributed by atoms with Crippen molar-refractivity contribution in [2.45, 2.75) is 19.0 Å². The van der Waals surface area contributed by atoms with E-state index in [0.29, 0.717) is 34.0 Å². The first-order valence-corrected chi connectivity index (χ1v) is 11.2. The maximum absolute atomic E-state index is 12.7. The molecule has 1 aromatic heterocycles. The van der Waals surface area contributed by atoms with E-state index in [0.717, 1.165) is 18.7 Å². The molecule has 0 spiro atoms. The second-order valence-corrected chi connectivity index (χ2v) is 8.55. The molecule has 0 saturated carbocycles. The predicted molar refractivity (Wildman–Crippen MR) is 129 cm³/mol. The van der Waals surface area contributed by atoms with E-state index in [-0.39, 0.29) is 11.6 Å². The SMILES string of the molecule is COc1cc2c(cc1OC)[C@H](c1ccccc1)N(Cc1nc3ccc(Cl)cc3c(=O)[nH]1)CC2. The molecule has 0 radical (unpaired) electrons. The number of methoxy groups -OCH3 is 2. The molecule has 0 amide bonds. The molecule has 0 unspecified atom stereocenters. The van der Waals surface area contributed by atoms with E-state index in [1.807, 2.05) is 18.2 Å². The Bertz CT molecular complexity index is 1370. The van der Waals surface area contributed by atoms with Gasteiger partial charge in [0.15, 0.2) is 11.5 Å². The Morgan fingerprint density at radius 2 is 1.82 bits per heavy atom. The highest BCUT2D eigenvalue weighted by Crippen LogP contribution is 2.41. The molecule has 1 atom stereocenters. The van der Waals surface area contributed by atoms with Crippen molar-refractivity contribution in [3.05, 3.63) is 98.6 Å². The van der Waals surface area contributed by atoms with Crippen molar-refractivity contribution < 1.29 is 9.47 Å². The zero-order valence-corrected chi connectivity index (χ0v) is 19.2. The third-order valence-corrected chi connectivity index (χ3v) is 6.39. The molecule has 3 aromatic carbocycles. The minimum Gasteiger partial charge on any atom is -0.493 e. The fraction of sp³-hybridized carbons (Fsp3) is 0.231. The van der Waals surface area contributed by atoms with Crippen LogP contribution in [0.25, 0.3) is 10.9 Å². The van der Waals surface area contributed by atoms with Crippen LogP contribution < -0.4 is 15.0 Å². The molecule has 5 rings (SSSR count). The van der Waals surface area contributed by atoms with Gasteiger partial charge in [0.1, 0.15) is 5.82 Å². The van der Waals surface area contributed by atoms with E-state index in [2.05, 4.69) is 34.1 Å². The van der Waals surface area contributed by atoms with E-state index in [9.17, 15) is 4.79 Å². The van der Waals surface area contributed by atoms with Crippen LogP contribution in [0.1, 0.15) is 28.6 Å². The molecule has 1 N–H and O–H groups in total. The highest BCUT2D eigenvalue weighted by atomic mass is 35.5. The molecule has 0 fully saturated rings. The number of aromatic amines is 1. The molecular weight excluding hydrogens is 438 g/mol. The lowest BCUT2D eigenvalue weighted by Gasteiger charge is -2.37. The second kappa shape index (κ2) is 8.89. The lowest BCUT2D eigenvalue weighted by atomic mass is 9.87. The van der Waals surface area contributed by atoms with E-state index in [1.165, 1.54) is 16.7 Å². The van der Waals surface area contributed by atoms with E-state index in [1.54, 1.807) is 32.4 Å². The summed E-state index contributed by atoms with van der Waals surface area (Å²) in [6.45, 7) is 1.31. The minimum absolute atomic E-state index is 0.0130. The van der Waals surface area contributed by atoms with Crippen LogP contribution in [0, 0.1) is 0 Å². The summed E-state index contributed by atoms with van der Waals surface area (Å²) in [6, 6.07) is 19.7. The second-order valence-electron chi connectivity index (χ2n) is 8.11. The van der Waals surface area contributed by atoms with Gasteiger partial charge in [-0.15, -0.1) is 0 Å². The normalized spacial score (nSPS) is 15.9. The molecular formula is C26H24ClN3O3. The predicted octanol–water partition coefficient (Wildman–Crippen LogP) is 4.74. The van der Waals surface area contributed by atoms with Crippen molar-refractivity contribution in [2.75, 3.05) is 20.8 Å². The molecule has 2 heterocycles. The smallest absolute Gasteiger partial charge is 0.258 e. The fourth-order valence-electron chi connectivity index (χ4n) is 4.62. The van der Waals surface area contributed by atoms with Crippen molar-refractivity contribution in [3.63, 3.8) is 0 Å². The van der Waals surface area contributed by atoms with Crippen molar-refractivity contribution >= 4 is 22.5 Å². The molecule has 33 heavy (non-hydrogen) atoms. The van der Waals surface area contributed by atoms with E-state index in [4.69, 9.17) is 26.1 Å². The highest BCUT2D eigenvalue weighted by Gasteiger charge is 2.31. The number of nitrogens with zero attached hydrogens (tertiary/aromatic N) is 2. The Morgan fingerprint density at radius 3 is 2.58 bits per heavy atom. The van der Waals surface area contributed by atoms with Crippen LogP contribution >= 0.6 is 11.6 Å². The van der Waals surface area contributed by atoms with Gasteiger partial charge in [-0.25, -0.2) is 4.98 Å². The first kappa shape index (κ1) is 21.5. The number of hydrogen-bond acceptors (Lipinski definition) is 5. The zero-order chi connectivity index (χ0) is 22.9. The largest absolute Gasteiger partial charge is 0.493 e. The molecule has 0 bridgehead atoms. The summed E-state index contributed by atoms with van der Waals surface area (Å²) < 4.78 is 11.1. The highest BCUT2D eigenvalue weighted by molar-refractivity contribution is 6.31. The summed E-state index contributed by atoms with van der Waals surface area (Å²) >= 11 is 6.06. The van der Waals surface area contributed by atoms with Gasteiger partial charge in [0, 0.05) is 11.6 Å². The van der Waals surface area contributed by atoms with Crippen molar-refractivity contribution in [1.29, 1.82) is 0 Å². The molecule has 7 heteroatoms. The molecule has 1 aliphatic rings. The topological polar surface area (TPSA) is 67.5 Å². The van der Waals surface area contributed by atoms with Crippen LogP contribution in [-0.2, 0) is 13.0 Å². The first-order valence-electron chi connectivity index (χ1n) is 10.8. The van der Waals surface area contributed by atoms with Gasteiger partial charge in [0.2, 0.25) is 0 Å². The van der Waals surface area contributed by atoms with Crippen LogP contribution in [0.5, 0.6) is 11.5 Å². The van der Waals surface area contributed by atoms with Gasteiger partial charge in [0.25, 0.3) is 5.56 Å². The Hall–Kier alpha value is -3.35. The maximum Gasteiger partial charge on any atom is 0.258 e. The number of nitrogens with one attached hydrogen (secondary N) is 1. The first-order chi connectivity index (χ1) is 16.1. The van der Waals surface area contributed by atoms with Crippen molar-refractivity contribution in [1.82, 2.24) is 14.9 Å². The molecule has 6 nitrogen and oxygen atoms in total. The summed E-state index contributed by atoms with van der Waals surface area (Å²) in [4.78, 5) is 22.7. The Balaban J connectivity index is 1.58. The molecule has 168 valence electrons. The number of halogens is 1. The monoisotopic (exact) mass is 461 g/mol. The van der Waals surface area contributed by atoms with Gasteiger partial charge in [-0.3, -0.25) is 9.69 Å². The van der Waals surface area contributed by atoms with Gasteiger partial charge in [-0.1, -0.05) is 41.9 Å². The number of H-pyrrole nitrogens is 1. The van der Waals surface area contributed by atoms with Crippen LogP contribution in [0.15, 0.2) is 65.5 Å². The lowest BCUT2D eigenvalue weighted by Crippen LogP contribution is -2.36. The Kier molecular flexibility index (Phi) is 5.79. The lowest BCUT2D eigenvalue weighted by molar-refractivity contribution is 0.198. The molecule has 0 aliphatic carbocycles. The third kappa shape index (κ3) is 4.08. The van der Waals surface area contributed by atoms with Crippen LogP contribution in [0.3, 0.4) is 0 Å². The molecule has 0 saturated heterocycles.